The van der Waals surface area contributed by atoms with Gasteiger partial charge in [0.15, 0.2) is 5.84 Å². The van der Waals surface area contributed by atoms with E-state index in [9.17, 15) is 0 Å². The minimum atomic E-state index is 0.116. The predicted molar refractivity (Wildman–Crippen MR) is 84.9 cm³/mol. The van der Waals surface area contributed by atoms with E-state index in [1.165, 1.54) is 6.42 Å². The Labute approximate surface area is 124 Å². The third-order valence-corrected chi connectivity index (χ3v) is 4.21. The number of hydrogen-bond acceptors (Lipinski definition) is 4. The SMILES string of the molecule is CCC1CCCN1c1nc2ccccc2cc1C(N)=NO. The second-order valence-electron chi connectivity index (χ2n) is 5.44. The van der Waals surface area contributed by atoms with Crippen LogP contribution < -0.4 is 10.6 Å². The van der Waals surface area contributed by atoms with Gasteiger partial charge in [-0.2, -0.15) is 0 Å². The van der Waals surface area contributed by atoms with Crippen molar-refractivity contribution in [3.8, 4) is 0 Å². The summed E-state index contributed by atoms with van der Waals surface area (Å²) in [5, 5.41) is 13.2. The van der Waals surface area contributed by atoms with Gasteiger partial charge in [-0.1, -0.05) is 30.3 Å². The quantitative estimate of drug-likeness (QED) is 0.393. The Hall–Kier alpha value is -2.30. The number of nitrogens with zero attached hydrogens (tertiary/aromatic N) is 3. The van der Waals surface area contributed by atoms with Crippen LogP contribution in [0.4, 0.5) is 5.82 Å². The molecule has 2 aromatic rings. The summed E-state index contributed by atoms with van der Waals surface area (Å²) in [6, 6.07) is 10.4. The van der Waals surface area contributed by atoms with Crippen LogP contribution in [0.1, 0.15) is 31.7 Å². The number of benzene rings is 1. The van der Waals surface area contributed by atoms with E-state index in [0.717, 1.165) is 36.1 Å². The first-order valence-corrected chi connectivity index (χ1v) is 7.39. The first-order valence-electron chi connectivity index (χ1n) is 7.39. The zero-order valence-corrected chi connectivity index (χ0v) is 12.2. The molecule has 1 atom stereocenters. The third kappa shape index (κ3) is 2.39. The summed E-state index contributed by atoms with van der Waals surface area (Å²) < 4.78 is 0. The fraction of sp³-hybridized carbons (Fsp3) is 0.375. The van der Waals surface area contributed by atoms with Crippen molar-refractivity contribution >= 4 is 22.6 Å². The molecule has 5 nitrogen and oxygen atoms in total. The van der Waals surface area contributed by atoms with E-state index in [1.54, 1.807) is 0 Å². The smallest absolute Gasteiger partial charge is 0.173 e. The van der Waals surface area contributed by atoms with Gasteiger partial charge >= 0.3 is 0 Å². The van der Waals surface area contributed by atoms with Crippen LogP contribution in [0.3, 0.4) is 0 Å². The number of rotatable bonds is 3. The van der Waals surface area contributed by atoms with Gasteiger partial charge in [-0.3, -0.25) is 0 Å². The number of nitrogens with two attached hydrogens (primary N) is 1. The molecule has 0 bridgehead atoms. The molecule has 1 saturated heterocycles. The highest BCUT2D eigenvalue weighted by Gasteiger charge is 2.27. The maximum atomic E-state index is 9.07. The Balaban J connectivity index is 2.18. The number of para-hydroxylation sites is 1. The molecule has 1 aliphatic rings. The van der Waals surface area contributed by atoms with E-state index in [1.807, 2.05) is 30.3 Å². The van der Waals surface area contributed by atoms with E-state index >= 15 is 0 Å². The van der Waals surface area contributed by atoms with Crippen molar-refractivity contribution in [2.75, 3.05) is 11.4 Å². The van der Waals surface area contributed by atoms with Crippen molar-refractivity contribution in [1.29, 1.82) is 0 Å². The van der Waals surface area contributed by atoms with Crippen molar-refractivity contribution in [2.24, 2.45) is 10.9 Å². The molecule has 0 saturated carbocycles. The molecule has 1 aromatic carbocycles. The Kier molecular flexibility index (Phi) is 3.64. The molecule has 0 spiro atoms. The molecule has 3 rings (SSSR count). The average Bonchev–Trinajstić information content (AvgIpc) is 3.01. The molecule has 3 N–H and O–H groups in total. The minimum Gasteiger partial charge on any atom is -0.409 e. The van der Waals surface area contributed by atoms with Crippen molar-refractivity contribution in [1.82, 2.24) is 4.98 Å². The molecule has 1 fully saturated rings. The molecule has 21 heavy (non-hydrogen) atoms. The van der Waals surface area contributed by atoms with Gasteiger partial charge < -0.3 is 15.8 Å². The fourth-order valence-electron chi connectivity index (χ4n) is 3.11. The summed E-state index contributed by atoms with van der Waals surface area (Å²) in [4.78, 5) is 7.07. The van der Waals surface area contributed by atoms with Gasteiger partial charge in [-0.25, -0.2) is 4.98 Å². The first kappa shape index (κ1) is 13.7. The molecule has 1 unspecified atom stereocenters. The van der Waals surface area contributed by atoms with E-state index in [-0.39, 0.29) is 5.84 Å². The van der Waals surface area contributed by atoms with Crippen LogP contribution in [0, 0.1) is 0 Å². The Bertz CT molecular complexity index is 683. The van der Waals surface area contributed by atoms with Gasteiger partial charge in [0.1, 0.15) is 5.82 Å². The molecular formula is C16H20N4O. The van der Waals surface area contributed by atoms with Crippen LogP contribution in [-0.4, -0.2) is 28.6 Å². The second-order valence-corrected chi connectivity index (χ2v) is 5.44. The van der Waals surface area contributed by atoms with Crippen molar-refractivity contribution in [3.63, 3.8) is 0 Å². The lowest BCUT2D eigenvalue weighted by Gasteiger charge is -2.27. The Morgan fingerprint density at radius 3 is 3.05 bits per heavy atom. The highest BCUT2D eigenvalue weighted by atomic mass is 16.4. The maximum Gasteiger partial charge on any atom is 0.173 e. The van der Waals surface area contributed by atoms with E-state index in [4.69, 9.17) is 15.9 Å². The molecule has 1 aromatic heterocycles. The standard InChI is InChI=1S/C16H20N4O/c1-2-12-7-5-9-20(12)16-13(15(17)19-21)10-11-6-3-4-8-14(11)18-16/h3-4,6,8,10,12,21H,2,5,7,9H2,1H3,(H2,17,19). The van der Waals surface area contributed by atoms with E-state index in [0.29, 0.717) is 11.6 Å². The molecule has 110 valence electrons. The van der Waals surface area contributed by atoms with Crippen molar-refractivity contribution < 1.29 is 5.21 Å². The molecule has 0 amide bonds. The number of pyridine rings is 1. The van der Waals surface area contributed by atoms with Crippen molar-refractivity contribution in [3.05, 3.63) is 35.9 Å². The number of amidine groups is 1. The van der Waals surface area contributed by atoms with Gasteiger partial charge in [0.2, 0.25) is 0 Å². The van der Waals surface area contributed by atoms with E-state index in [2.05, 4.69) is 17.0 Å². The van der Waals surface area contributed by atoms with Gasteiger partial charge in [0, 0.05) is 18.0 Å². The van der Waals surface area contributed by atoms with E-state index < -0.39 is 0 Å². The summed E-state index contributed by atoms with van der Waals surface area (Å²) >= 11 is 0. The largest absolute Gasteiger partial charge is 0.409 e. The summed E-state index contributed by atoms with van der Waals surface area (Å²) in [7, 11) is 0. The Morgan fingerprint density at radius 2 is 2.29 bits per heavy atom. The number of aromatic nitrogens is 1. The summed E-state index contributed by atoms with van der Waals surface area (Å²) in [6.45, 7) is 3.16. The highest BCUT2D eigenvalue weighted by Crippen LogP contribution is 2.30. The third-order valence-electron chi connectivity index (χ3n) is 4.21. The molecule has 2 heterocycles. The molecule has 0 radical (unpaired) electrons. The highest BCUT2D eigenvalue weighted by molar-refractivity contribution is 6.04. The Morgan fingerprint density at radius 1 is 1.48 bits per heavy atom. The van der Waals surface area contributed by atoms with Crippen LogP contribution in [0.15, 0.2) is 35.5 Å². The van der Waals surface area contributed by atoms with Crippen LogP contribution in [0.25, 0.3) is 10.9 Å². The number of fused-ring (bicyclic) bond motifs is 1. The van der Waals surface area contributed by atoms with Gasteiger partial charge in [0.25, 0.3) is 0 Å². The maximum absolute atomic E-state index is 9.07. The topological polar surface area (TPSA) is 74.7 Å². The molecule has 5 heteroatoms. The molecular weight excluding hydrogens is 264 g/mol. The normalized spacial score (nSPS) is 19.4. The van der Waals surface area contributed by atoms with Crippen LogP contribution >= 0.6 is 0 Å². The first-order chi connectivity index (χ1) is 10.2. The van der Waals surface area contributed by atoms with Crippen LogP contribution in [0.5, 0.6) is 0 Å². The number of oxime groups is 1. The number of anilines is 1. The summed E-state index contributed by atoms with van der Waals surface area (Å²) in [5.74, 6) is 0.943. The second kappa shape index (κ2) is 5.60. The summed E-state index contributed by atoms with van der Waals surface area (Å²) in [5.41, 5.74) is 7.51. The van der Waals surface area contributed by atoms with Gasteiger partial charge in [-0.05, 0) is 31.4 Å². The van der Waals surface area contributed by atoms with Crippen LogP contribution in [-0.2, 0) is 0 Å². The zero-order chi connectivity index (χ0) is 14.8. The monoisotopic (exact) mass is 284 g/mol. The fourth-order valence-corrected chi connectivity index (χ4v) is 3.11. The van der Waals surface area contributed by atoms with Crippen LogP contribution in [0.2, 0.25) is 0 Å². The van der Waals surface area contributed by atoms with Crippen molar-refractivity contribution in [2.45, 2.75) is 32.2 Å². The average molecular weight is 284 g/mol. The molecule has 1 aliphatic heterocycles. The molecule has 0 aliphatic carbocycles. The summed E-state index contributed by atoms with van der Waals surface area (Å²) in [6.07, 6.45) is 3.40. The lowest BCUT2D eigenvalue weighted by atomic mass is 10.1. The van der Waals surface area contributed by atoms with Gasteiger partial charge in [-0.15, -0.1) is 0 Å². The minimum absolute atomic E-state index is 0.116. The zero-order valence-electron chi connectivity index (χ0n) is 12.2. The van der Waals surface area contributed by atoms with Gasteiger partial charge in [0.05, 0.1) is 11.1 Å². The number of hydrogen-bond donors (Lipinski definition) is 2. The predicted octanol–water partition coefficient (Wildman–Crippen LogP) is 2.71. The lowest BCUT2D eigenvalue weighted by Crippen LogP contribution is -2.32. The lowest BCUT2D eigenvalue weighted by molar-refractivity contribution is 0.318.